The van der Waals surface area contributed by atoms with Gasteiger partial charge in [-0.05, 0) is 6.42 Å². The van der Waals surface area contributed by atoms with Crippen molar-refractivity contribution in [2.75, 3.05) is 0 Å². The van der Waals surface area contributed by atoms with Gasteiger partial charge in [-0.1, -0.05) is 19.9 Å². The Bertz CT molecular complexity index is 228. The van der Waals surface area contributed by atoms with Gasteiger partial charge in [-0.3, -0.25) is 9.79 Å². The largest absolute Gasteiger partial charge is 0.527 e. The fourth-order valence-electron chi connectivity index (χ4n) is 0.576. The summed E-state index contributed by atoms with van der Waals surface area (Å²) in [6.07, 6.45) is 1.05. The zero-order valence-corrected chi connectivity index (χ0v) is 7.58. The van der Waals surface area contributed by atoms with Crippen LogP contribution in [0.15, 0.2) is 12.2 Å². The first kappa shape index (κ1) is 11.4. The zero-order chi connectivity index (χ0) is 9.78. The lowest BCUT2D eigenvalue weighted by atomic mass is 10.2. The van der Waals surface area contributed by atoms with Gasteiger partial charge >= 0.3 is 13.8 Å². The molecule has 0 heterocycles. The van der Waals surface area contributed by atoms with E-state index in [-0.39, 0.29) is 5.57 Å². The minimum atomic E-state index is -4.71. The second-order valence-corrected chi connectivity index (χ2v) is 3.39. The summed E-state index contributed by atoms with van der Waals surface area (Å²) < 4.78 is 13.9. The van der Waals surface area contributed by atoms with E-state index in [0.29, 0.717) is 12.8 Å². The molecule has 0 aliphatic carbocycles. The number of carbonyl (C=O) groups excluding carboxylic acids is 1. The summed E-state index contributed by atoms with van der Waals surface area (Å²) >= 11 is 0. The molecule has 70 valence electrons. The number of phosphoric ester groups is 1. The number of rotatable bonds is 4. The Hall–Kier alpha value is -0.640. The molecular formula is C6H11O5P. The molecule has 0 atom stereocenters. The first-order valence-corrected chi connectivity index (χ1v) is 4.87. The van der Waals surface area contributed by atoms with Crippen LogP contribution in [0.2, 0.25) is 0 Å². The molecule has 0 aliphatic rings. The van der Waals surface area contributed by atoms with Gasteiger partial charge in [0.2, 0.25) is 0 Å². The highest BCUT2D eigenvalue weighted by Gasteiger charge is 2.21. The molecule has 2 N–H and O–H groups in total. The first-order chi connectivity index (χ1) is 5.37. The van der Waals surface area contributed by atoms with Gasteiger partial charge in [0, 0.05) is 5.57 Å². The molecule has 0 aromatic heterocycles. The lowest BCUT2D eigenvalue weighted by molar-refractivity contribution is -0.131. The van der Waals surface area contributed by atoms with E-state index in [4.69, 9.17) is 9.79 Å². The number of hydrogen-bond acceptors (Lipinski definition) is 3. The molecular weight excluding hydrogens is 183 g/mol. The Kier molecular flexibility index (Phi) is 4.17. The summed E-state index contributed by atoms with van der Waals surface area (Å²) in [7, 11) is -4.71. The van der Waals surface area contributed by atoms with Crippen molar-refractivity contribution < 1.29 is 23.7 Å². The van der Waals surface area contributed by atoms with Crippen molar-refractivity contribution in [2.45, 2.75) is 19.8 Å². The molecule has 12 heavy (non-hydrogen) atoms. The highest BCUT2D eigenvalue weighted by Crippen LogP contribution is 2.36. The van der Waals surface area contributed by atoms with Gasteiger partial charge in [0.15, 0.2) is 0 Å². The van der Waals surface area contributed by atoms with Gasteiger partial charge in [0.05, 0.1) is 0 Å². The predicted octanol–water partition coefficient (Wildman–Crippen LogP) is 0.979. The quantitative estimate of drug-likeness (QED) is 0.514. The SMILES string of the molecule is C=C(CCC)C(=O)OP(=O)(O)O. The summed E-state index contributed by atoms with van der Waals surface area (Å²) in [6.45, 7) is 5.13. The van der Waals surface area contributed by atoms with E-state index in [9.17, 15) is 9.36 Å². The molecule has 0 saturated carbocycles. The first-order valence-electron chi connectivity index (χ1n) is 3.34. The zero-order valence-electron chi connectivity index (χ0n) is 6.69. The van der Waals surface area contributed by atoms with Gasteiger partial charge in [-0.25, -0.2) is 9.36 Å². The molecule has 6 heteroatoms. The maximum absolute atomic E-state index is 10.7. The Morgan fingerprint density at radius 2 is 2.08 bits per heavy atom. The maximum Gasteiger partial charge on any atom is 0.527 e. The van der Waals surface area contributed by atoms with E-state index in [2.05, 4.69) is 11.1 Å². The van der Waals surface area contributed by atoms with Crippen molar-refractivity contribution >= 4 is 13.8 Å². The minimum absolute atomic E-state index is 0.0702. The van der Waals surface area contributed by atoms with E-state index < -0.39 is 13.8 Å². The Balaban J connectivity index is 4.06. The molecule has 0 fully saturated rings. The van der Waals surface area contributed by atoms with Gasteiger partial charge in [0.25, 0.3) is 0 Å². The van der Waals surface area contributed by atoms with Gasteiger partial charge in [-0.2, -0.15) is 0 Å². The third kappa shape index (κ3) is 5.07. The van der Waals surface area contributed by atoms with E-state index in [0.717, 1.165) is 0 Å². The average molecular weight is 194 g/mol. The molecule has 0 unspecified atom stereocenters. The van der Waals surface area contributed by atoms with Crippen LogP contribution in [0.25, 0.3) is 0 Å². The Labute approximate surface area is 70.3 Å². The maximum atomic E-state index is 10.7. The molecule has 0 radical (unpaired) electrons. The third-order valence-electron chi connectivity index (χ3n) is 1.04. The Morgan fingerprint density at radius 1 is 1.58 bits per heavy atom. The van der Waals surface area contributed by atoms with Crippen LogP contribution < -0.4 is 0 Å². The predicted molar refractivity (Wildman–Crippen MR) is 42.2 cm³/mol. The lowest BCUT2D eigenvalue weighted by Crippen LogP contribution is -2.04. The van der Waals surface area contributed by atoms with Crippen LogP contribution in [0.5, 0.6) is 0 Å². The Morgan fingerprint density at radius 3 is 2.42 bits per heavy atom. The molecule has 0 amide bonds. The van der Waals surface area contributed by atoms with Crippen molar-refractivity contribution in [2.24, 2.45) is 0 Å². The van der Waals surface area contributed by atoms with Crippen molar-refractivity contribution in [3.63, 3.8) is 0 Å². The fourth-order valence-corrected chi connectivity index (χ4v) is 0.922. The van der Waals surface area contributed by atoms with E-state index in [1.165, 1.54) is 0 Å². The summed E-state index contributed by atoms with van der Waals surface area (Å²) in [5.74, 6) is -1.04. The minimum Gasteiger partial charge on any atom is -0.367 e. The van der Waals surface area contributed by atoms with Crippen LogP contribution in [0.3, 0.4) is 0 Å². The van der Waals surface area contributed by atoms with Gasteiger partial charge < -0.3 is 4.52 Å². The highest BCUT2D eigenvalue weighted by molar-refractivity contribution is 7.46. The van der Waals surface area contributed by atoms with Gasteiger partial charge in [-0.15, -0.1) is 0 Å². The van der Waals surface area contributed by atoms with Crippen molar-refractivity contribution in [1.82, 2.24) is 0 Å². The fraction of sp³-hybridized carbons (Fsp3) is 0.500. The average Bonchev–Trinajstić information content (AvgIpc) is 1.84. The molecule has 0 spiro atoms. The van der Waals surface area contributed by atoms with Crippen molar-refractivity contribution in [3.05, 3.63) is 12.2 Å². The molecule has 0 aromatic rings. The molecule has 0 saturated heterocycles. The second kappa shape index (κ2) is 4.40. The summed E-state index contributed by atoms with van der Waals surface area (Å²) in [6, 6.07) is 0. The van der Waals surface area contributed by atoms with Crippen LogP contribution in [0.4, 0.5) is 0 Å². The number of carbonyl (C=O) groups is 1. The van der Waals surface area contributed by atoms with E-state index in [1.807, 2.05) is 6.92 Å². The molecule has 0 bridgehead atoms. The topological polar surface area (TPSA) is 83.8 Å². The summed E-state index contributed by atoms with van der Waals surface area (Å²) in [4.78, 5) is 27.2. The highest BCUT2D eigenvalue weighted by atomic mass is 31.2. The van der Waals surface area contributed by atoms with Crippen molar-refractivity contribution in [1.29, 1.82) is 0 Å². The monoisotopic (exact) mass is 194 g/mol. The standard InChI is InChI=1S/C6H11O5P/c1-3-4-5(2)6(7)11-12(8,9)10/h2-4H2,1H3,(H2,8,9,10). The van der Waals surface area contributed by atoms with Crippen LogP contribution >= 0.6 is 7.82 Å². The molecule has 0 rings (SSSR count). The molecule has 0 aromatic carbocycles. The molecule has 0 aliphatic heterocycles. The lowest BCUT2D eigenvalue weighted by Gasteiger charge is -2.05. The van der Waals surface area contributed by atoms with Crippen LogP contribution in [0.1, 0.15) is 19.8 Å². The van der Waals surface area contributed by atoms with Crippen LogP contribution in [-0.2, 0) is 13.9 Å². The normalized spacial score (nSPS) is 10.9. The summed E-state index contributed by atoms with van der Waals surface area (Å²) in [5.41, 5.74) is 0.0702. The van der Waals surface area contributed by atoms with E-state index in [1.54, 1.807) is 0 Å². The van der Waals surface area contributed by atoms with Gasteiger partial charge in [0.1, 0.15) is 0 Å². The van der Waals surface area contributed by atoms with Crippen LogP contribution in [-0.4, -0.2) is 15.8 Å². The smallest absolute Gasteiger partial charge is 0.367 e. The van der Waals surface area contributed by atoms with Crippen LogP contribution in [0, 0.1) is 0 Å². The number of phosphoric acid groups is 1. The second-order valence-electron chi connectivity index (χ2n) is 2.22. The summed E-state index contributed by atoms with van der Waals surface area (Å²) in [5, 5.41) is 0. The third-order valence-corrected chi connectivity index (χ3v) is 1.45. The van der Waals surface area contributed by atoms with Crippen molar-refractivity contribution in [3.8, 4) is 0 Å². The van der Waals surface area contributed by atoms with E-state index >= 15 is 0 Å². The number of hydrogen-bond donors (Lipinski definition) is 2. The molecule has 5 nitrogen and oxygen atoms in total.